The summed E-state index contributed by atoms with van der Waals surface area (Å²) in [5, 5.41) is 6.91. The van der Waals surface area contributed by atoms with Gasteiger partial charge in [-0.2, -0.15) is 0 Å². The summed E-state index contributed by atoms with van der Waals surface area (Å²) in [7, 11) is 0. The highest BCUT2D eigenvalue weighted by Gasteiger charge is 2.14. The van der Waals surface area contributed by atoms with Gasteiger partial charge in [0.15, 0.2) is 6.61 Å². The lowest BCUT2D eigenvalue weighted by Gasteiger charge is -2.23. The number of carbonyl (C=O) groups is 1. The number of rotatable bonds is 5. The van der Waals surface area contributed by atoms with Gasteiger partial charge in [0.05, 0.1) is 0 Å². The molecule has 0 aromatic heterocycles. The molecule has 3 rings (SSSR count). The van der Waals surface area contributed by atoms with Crippen molar-refractivity contribution in [1.82, 2.24) is 5.32 Å². The molecular weight excluding hydrogens is 359 g/mol. The smallest absolute Gasteiger partial charge is 0.262 e. The van der Waals surface area contributed by atoms with E-state index in [1.54, 1.807) is 24.3 Å². The first-order valence-corrected chi connectivity index (χ1v) is 8.57. The lowest BCUT2D eigenvalue weighted by atomic mass is 9.92. The van der Waals surface area contributed by atoms with Crippen molar-refractivity contribution in [3.63, 3.8) is 0 Å². The number of piperidine rings is 1. The van der Waals surface area contributed by atoms with Crippen LogP contribution in [0, 0.1) is 0 Å². The van der Waals surface area contributed by atoms with E-state index in [1.165, 1.54) is 18.4 Å². The molecule has 25 heavy (non-hydrogen) atoms. The largest absolute Gasteiger partial charge is 0.484 e. The maximum absolute atomic E-state index is 12.0. The highest BCUT2D eigenvalue weighted by atomic mass is 35.5. The third-order valence-corrected chi connectivity index (χ3v) is 4.40. The summed E-state index contributed by atoms with van der Waals surface area (Å²) in [5.74, 6) is 1.00. The van der Waals surface area contributed by atoms with Crippen LogP contribution >= 0.6 is 24.0 Å². The molecule has 2 aromatic rings. The second kappa shape index (κ2) is 9.66. The number of hydrogen-bond donors (Lipinski definition) is 2. The standard InChI is InChI=1S/C19H21ClN2O2.ClH/c20-16-5-9-18(10-6-16)24-13-19(23)22-17-7-3-14(4-8-17)15-2-1-11-21-12-15;/h3-10,15,21H,1-2,11-13H2,(H,22,23);1H. The average molecular weight is 381 g/mol. The number of carbonyl (C=O) groups excluding carboxylic acids is 1. The minimum atomic E-state index is -0.183. The van der Waals surface area contributed by atoms with Crippen LogP contribution in [0.2, 0.25) is 5.02 Å². The van der Waals surface area contributed by atoms with E-state index in [0.29, 0.717) is 16.7 Å². The van der Waals surface area contributed by atoms with Crippen LogP contribution in [-0.4, -0.2) is 25.6 Å². The Morgan fingerprint density at radius 3 is 2.52 bits per heavy atom. The normalized spacial score (nSPS) is 16.6. The average Bonchev–Trinajstić information content (AvgIpc) is 2.63. The van der Waals surface area contributed by atoms with E-state index < -0.39 is 0 Å². The zero-order chi connectivity index (χ0) is 16.8. The molecule has 134 valence electrons. The van der Waals surface area contributed by atoms with Gasteiger partial charge in [-0.3, -0.25) is 4.79 Å². The molecule has 2 N–H and O–H groups in total. The van der Waals surface area contributed by atoms with Crippen molar-refractivity contribution in [2.75, 3.05) is 25.0 Å². The van der Waals surface area contributed by atoms with Crippen molar-refractivity contribution >= 4 is 35.6 Å². The quantitative estimate of drug-likeness (QED) is 0.814. The molecule has 0 saturated carbocycles. The minimum absolute atomic E-state index is 0. The Morgan fingerprint density at radius 1 is 1.16 bits per heavy atom. The van der Waals surface area contributed by atoms with Crippen molar-refractivity contribution < 1.29 is 9.53 Å². The molecule has 1 unspecified atom stereocenters. The van der Waals surface area contributed by atoms with Gasteiger partial charge in [-0.15, -0.1) is 12.4 Å². The van der Waals surface area contributed by atoms with Gasteiger partial charge in [0, 0.05) is 17.3 Å². The Balaban J connectivity index is 0.00000225. The van der Waals surface area contributed by atoms with E-state index in [-0.39, 0.29) is 24.9 Å². The van der Waals surface area contributed by atoms with Crippen LogP contribution in [-0.2, 0) is 4.79 Å². The molecule has 1 heterocycles. The van der Waals surface area contributed by atoms with E-state index in [4.69, 9.17) is 16.3 Å². The SMILES string of the molecule is Cl.O=C(COc1ccc(Cl)cc1)Nc1ccc(C2CCCNC2)cc1. The zero-order valence-electron chi connectivity index (χ0n) is 13.8. The first-order valence-electron chi connectivity index (χ1n) is 8.19. The number of hydrogen-bond acceptors (Lipinski definition) is 3. The van der Waals surface area contributed by atoms with Crippen molar-refractivity contribution in [3.05, 3.63) is 59.1 Å². The summed E-state index contributed by atoms with van der Waals surface area (Å²) in [6.07, 6.45) is 2.43. The number of amides is 1. The number of halogens is 2. The Bertz CT molecular complexity index is 669. The van der Waals surface area contributed by atoms with Crippen LogP contribution in [0.25, 0.3) is 0 Å². The molecule has 1 atom stereocenters. The van der Waals surface area contributed by atoms with Crippen LogP contribution < -0.4 is 15.4 Å². The summed E-state index contributed by atoms with van der Waals surface area (Å²) in [6.45, 7) is 2.11. The predicted molar refractivity (Wildman–Crippen MR) is 104 cm³/mol. The summed E-state index contributed by atoms with van der Waals surface area (Å²) < 4.78 is 5.43. The molecule has 0 aliphatic carbocycles. The molecule has 0 radical (unpaired) electrons. The van der Waals surface area contributed by atoms with E-state index in [1.807, 2.05) is 12.1 Å². The second-order valence-electron chi connectivity index (χ2n) is 5.96. The Labute approximate surface area is 159 Å². The van der Waals surface area contributed by atoms with Crippen LogP contribution in [0.1, 0.15) is 24.3 Å². The van der Waals surface area contributed by atoms with Crippen molar-refractivity contribution in [3.8, 4) is 5.75 Å². The molecule has 1 aliphatic rings. The summed E-state index contributed by atoms with van der Waals surface area (Å²) in [4.78, 5) is 12.0. The molecule has 4 nitrogen and oxygen atoms in total. The maximum Gasteiger partial charge on any atom is 0.262 e. The number of benzene rings is 2. The maximum atomic E-state index is 12.0. The molecule has 0 spiro atoms. The molecule has 1 aliphatic heterocycles. The van der Waals surface area contributed by atoms with Crippen LogP contribution in [0.15, 0.2) is 48.5 Å². The van der Waals surface area contributed by atoms with Gasteiger partial charge in [-0.05, 0) is 67.3 Å². The Morgan fingerprint density at radius 2 is 1.88 bits per heavy atom. The van der Waals surface area contributed by atoms with Gasteiger partial charge in [0.25, 0.3) is 5.91 Å². The third-order valence-electron chi connectivity index (χ3n) is 4.15. The fourth-order valence-electron chi connectivity index (χ4n) is 2.85. The van der Waals surface area contributed by atoms with E-state index in [2.05, 4.69) is 22.8 Å². The fourth-order valence-corrected chi connectivity index (χ4v) is 2.98. The van der Waals surface area contributed by atoms with Gasteiger partial charge in [-0.1, -0.05) is 23.7 Å². The first kappa shape index (κ1) is 19.6. The number of nitrogens with one attached hydrogen (secondary N) is 2. The van der Waals surface area contributed by atoms with Crippen molar-refractivity contribution in [2.45, 2.75) is 18.8 Å². The molecular formula is C19H22Cl2N2O2. The Kier molecular flexibility index (Phi) is 7.56. The van der Waals surface area contributed by atoms with Crippen LogP contribution in [0.5, 0.6) is 5.75 Å². The van der Waals surface area contributed by atoms with E-state index in [9.17, 15) is 4.79 Å². The molecule has 1 amide bonds. The fraction of sp³-hybridized carbons (Fsp3) is 0.316. The van der Waals surface area contributed by atoms with E-state index >= 15 is 0 Å². The van der Waals surface area contributed by atoms with Gasteiger partial charge >= 0.3 is 0 Å². The van der Waals surface area contributed by atoms with Gasteiger partial charge in [-0.25, -0.2) is 0 Å². The van der Waals surface area contributed by atoms with E-state index in [0.717, 1.165) is 18.8 Å². The molecule has 1 fully saturated rings. The first-order chi connectivity index (χ1) is 11.7. The van der Waals surface area contributed by atoms with Crippen LogP contribution in [0.4, 0.5) is 5.69 Å². The van der Waals surface area contributed by atoms with Gasteiger partial charge < -0.3 is 15.4 Å². The molecule has 1 saturated heterocycles. The third kappa shape index (κ3) is 5.92. The van der Waals surface area contributed by atoms with Crippen molar-refractivity contribution in [2.24, 2.45) is 0 Å². The molecule has 2 aromatic carbocycles. The lowest BCUT2D eigenvalue weighted by molar-refractivity contribution is -0.118. The molecule has 0 bridgehead atoms. The summed E-state index contributed by atoms with van der Waals surface area (Å²) in [6, 6.07) is 15.0. The van der Waals surface area contributed by atoms with Crippen LogP contribution in [0.3, 0.4) is 0 Å². The lowest BCUT2D eigenvalue weighted by Crippen LogP contribution is -2.28. The zero-order valence-corrected chi connectivity index (χ0v) is 15.4. The predicted octanol–water partition coefficient (Wildman–Crippen LogP) is 4.25. The number of anilines is 1. The van der Waals surface area contributed by atoms with Crippen molar-refractivity contribution in [1.29, 1.82) is 0 Å². The Hall–Kier alpha value is -1.75. The highest BCUT2D eigenvalue weighted by Crippen LogP contribution is 2.24. The number of ether oxygens (including phenoxy) is 1. The summed E-state index contributed by atoms with van der Waals surface area (Å²) in [5.41, 5.74) is 2.10. The van der Waals surface area contributed by atoms with Gasteiger partial charge in [0.2, 0.25) is 0 Å². The second-order valence-corrected chi connectivity index (χ2v) is 6.39. The minimum Gasteiger partial charge on any atom is -0.484 e. The summed E-state index contributed by atoms with van der Waals surface area (Å²) >= 11 is 5.81. The van der Waals surface area contributed by atoms with Gasteiger partial charge in [0.1, 0.15) is 5.75 Å². The molecule has 6 heteroatoms. The monoisotopic (exact) mass is 380 g/mol. The topological polar surface area (TPSA) is 50.4 Å². The highest BCUT2D eigenvalue weighted by molar-refractivity contribution is 6.30.